The molecule has 142 valence electrons. The molecule has 2 aliphatic rings. The maximum atomic E-state index is 13.2. The van der Waals surface area contributed by atoms with E-state index in [1.54, 1.807) is 0 Å². The first-order valence-electron chi connectivity index (χ1n) is 7.73. The van der Waals surface area contributed by atoms with Crippen LogP contribution >= 0.6 is 24.0 Å². The topological polar surface area (TPSA) is 63.4 Å². The predicted octanol–water partition coefficient (Wildman–Crippen LogP) is 3.53. The third-order valence-electron chi connectivity index (χ3n) is 4.99. The number of alkyl halides is 3. The van der Waals surface area contributed by atoms with E-state index in [-0.39, 0.29) is 48.4 Å². The number of rotatable bonds is 2. The van der Waals surface area contributed by atoms with Crippen molar-refractivity contribution in [2.75, 3.05) is 13.1 Å². The minimum absolute atomic E-state index is 0. The SMILES string of the molecule is Cl.NC1CCCC2CN(S(=O)(=O)c3ccc(Cl)cc3C(F)(F)F)CC12. The lowest BCUT2D eigenvalue weighted by molar-refractivity contribution is -0.139. The van der Waals surface area contributed by atoms with Crippen LogP contribution in [0.15, 0.2) is 23.1 Å². The van der Waals surface area contributed by atoms with Crippen molar-refractivity contribution in [1.29, 1.82) is 0 Å². The van der Waals surface area contributed by atoms with E-state index < -0.39 is 26.7 Å². The van der Waals surface area contributed by atoms with Crippen LogP contribution < -0.4 is 5.73 Å². The van der Waals surface area contributed by atoms with Crippen molar-refractivity contribution in [2.45, 2.75) is 36.4 Å². The van der Waals surface area contributed by atoms with E-state index in [1.165, 1.54) is 6.07 Å². The number of benzene rings is 1. The van der Waals surface area contributed by atoms with E-state index >= 15 is 0 Å². The van der Waals surface area contributed by atoms with Gasteiger partial charge in [0.15, 0.2) is 0 Å². The van der Waals surface area contributed by atoms with Gasteiger partial charge >= 0.3 is 6.18 Å². The summed E-state index contributed by atoms with van der Waals surface area (Å²) in [5.74, 6) is 0.125. The van der Waals surface area contributed by atoms with Gasteiger partial charge in [-0.05, 0) is 42.9 Å². The summed E-state index contributed by atoms with van der Waals surface area (Å²) in [6, 6.07) is 2.65. The van der Waals surface area contributed by atoms with Gasteiger partial charge in [-0.3, -0.25) is 0 Å². The van der Waals surface area contributed by atoms with Crippen LogP contribution in [0.2, 0.25) is 5.02 Å². The van der Waals surface area contributed by atoms with E-state index in [9.17, 15) is 21.6 Å². The molecule has 1 heterocycles. The summed E-state index contributed by atoms with van der Waals surface area (Å²) in [7, 11) is -4.25. The Morgan fingerprint density at radius 3 is 2.48 bits per heavy atom. The van der Waals surface area contributed by atoms with Crippen molar-refractivity contribution in [3.05, 3.63) is 28.8 Å². The molecule has 3 atom stereocenters. The molecule has 3 unspecified atom stereocenters. The van der Waals surface area contributed by atoms with Gasteiger partial charge in [0.2, 0.25) is 10.0 Å². The average Bonchev–Trinajstić information content (AvgIpc) is 2.92. The largest absolute Gasteiger partial charge is 0.417 e. The summed E-state index contributed by atoms with van der Waals surface area (Å²) in [5.41, 5.74) is 4.84. The lowest BCUT2D eigenvalue weighted by Crippen LogP contribution is -2.38. The fourth-order valence-corrected chi connectivity index (χ4v) is 5.66. The van der Waals surface area contributed by atoms with Crippen LogP contribution in [0.4, 0.5) is 13.2 Å². The van der Waals surface area contributed by atoms with Gasteiger partial charge in [-0.25, -0.2) is 8.42 Å². The Hall–Kier alpha value is -0.540. The minimum atomic E-state index is -4.80. The van der Waals surface area contributed by atoms with Crippen molar-refractivity contribution in [2.24, 2.45) is 17.6 Å². The third-order valence-corrected chi connectivity index (χ3v) is 7.11. The summed E-state index contributed by atoms with van der Waals surface area (Å²) < 4.78 is 66.5. The molecule has 1 saturated carbocycles. The molecule has 1 aliphatic carbocycles. The molecule has 0 amide bonds. The van der Waals surface area contributed by atoms with Gasteiger partial charge in [0.25, 0.3) is 0 Å². The van der Waals surface area contributed by atoms with Crippen molar-refractivity contribution in [1.82, 2.24) is 4.31 Å². The Morgan fingerprint density at radius 1 is 1.20 bits per heavy atom. The molecule has 10 heteroatoms. The fraction of sp³-hybridized carbons (Fsp3) is 0.600. The standard InChI is InChI=1S/C15H18ClF3N2O2S.ClH/c16-10-4-5-14(12(6-10)15(17,18)19)24(22,23)21-7-9-2-1-3-13(20)11(9)8-21;/h4-6,9,11,13H,1-3,7-8,20H2;1H. The highest BCUT2D eigenvalue weighted by molar-refractivity contribution is 7.89. The number of hydrogen-bond donors (Lipinski definition) is 1. The first kappa shape index (κ1) is 20.8. The quantitative estimate of drug-likeness (QED) is 0.798. The first-order valence-corrected chi connectivity index (χ1v) is 9.55. The molecule has 0 bridgehead atoms. The van der Waals surface area contributed by atoms with E-state index in [1.807, 2.05) is 0 Å². The molecule has 2 fully saturated rings. The smallest absolute Gasteiger partial charge is 0.327 e. The maximum absolute atomic E-state index is 13.2. The van der Waals surface area contributed by atoms with Crippen LogP contribution in [0.5, 0.6) is 0 Å². The predicted molar refractivity (Wildman–Crippen MR) is 91.3 cm³/mol. The zero-order valence-corrected chi connectivity index (χ0v) is 15.6. The van der Waals surface area contributed by atoms with Gasteiger partial charge in [0.1, 0.15) is 0 Å². The van der Waals surface area contributed by atoms with Crippen LogP contribution in [-0.2, 0) is 16.2 Å². The monoisotopic (exact) mass is 418 g/mol. The van der Waals surface area contributed by atoms with Gasteiger partial charge < -0.3 is 5.73 Å². The molecule has 1 aromatic carbocycles. The molecule has 1 aromatic rings. The highest BCUT2D eigenvalue weighted by atomic mass is 35.5. The zero-order chi connectivity index (χ0) is 17.7. The number of nitrogens with two attached hydrogens (primary N) is 1. The van der Waals surface area contributed by atoms with Gasteiger partial charge in [-0.2, -0.15) is 17.5 Å². The summed E-state index contributed by atoms with van der Waals surface area (Å²) in [6.45, 7) is 0.398. The van der Waals surface area contributed by atoms with E-state index in [0.29, 0.717) is 6.07 Å². The molecule has 1 saturated heterocycles. The molecule has 25 heavy (non-hydrogen) atoms. The molecule has 2 N–H and O–H groups in total. The minimum Gasteiger partial charge on any atom is -0.327 e. The molecule has 1 aliphatic heterocycles. The zero-order valence-electron chi connectivity index (χ0n) is 13.2. The number of sulfonamides is 1. The number of halogens is 5. The highest BCUT2D eigenvalue weighted by Gasteiger charge is 2.45. The average molecular weight is 419 g/mol. The molecule has 4 nitrogen and oxygen atoms in total. The highest BCUT2D eigenvalue weighted by Crippen LogP contribution is 2.41. The van der Waals surface area contributed by atoms with Crippen LogP contribution in [0.3, 0.4) is 0 Å². The molecule has 3 rings (SSSR count). The van der Waals surface area contributed by atoms with Crippen LogP contribution in [0.25, 0.3) is 0 Å². The second-order valence-corrected chi connectivity index (χ2v) is 8.82. The third kappa shape index (κ3) is 3.93. The Balaban J connectivity index is 0.00000225. The normalized spacial score (nSPS) is 27.6. The fourth-order valence-electron chi connectivity index (χ4n) is 3.76. The van der Waals surface area contributed by atoms with Crippen LogP contribution in [0.1, 0.15) is 24.8 Å². The van der Waals surface area contributed by atoms with Gasteiger partial charge in [0.05, 0.1) is 10.5 Å². The molecular formula is C15H19Cl2F3N2O2S. The van der Waals surface area contributed by atoms with Crippen LogP contribution in [-0.4, -0.2) is 31.9 Å². The van der Waals surface area contributed by atoms with E-state index in [4.69, 9.17) is 17.3 Å². The van der Waals surface area contributed by atoms with Gasteiger partial charge in [-0.1, -0.05) is 18.0 Å². The van der Waals surface area contributed by atoms with Crippen LogP contribution in [0, 0.1) is 11.8 Å². The Morgan fingerprint density at radius 2 is 1.88 bits per heavy atom. The second-order valence-electron chi connectivity index (χ2n) is 6.48. The Bertz CT molecular complexity index is 743. The molecular weight excluding hydrogens is 400 g/mol. The number of fused-ring (bicyclic) bond motifs is 1. The first-order chi connectivity index (χ1) is 11.1. The molecule has 0 aromatic heterocycles. The maximum Gasteiger partial charge on any atom is 0.417 e. The van der Waals surface area contributed by atoms with Crippen molar-refractivity contribution in [3.8, 4) is 0 Å². The van der Waals surface area contributed by atoms with E-state index in [0.717, 1.165) is 29.6 Å². The molecule has 0 spiro atoms. The summed E-state index contributed by atoms with van der Waals surface area (Å²) in [5, 5.41) is -0.154. The Kier molecular flexibility index (Phi) is 6.01. The van der Waals surface area contributed by atoms with Crippen molar-refractivity contribution in [3.63, 3.8) is 0 Å². The van der Waals surface area contributed by atoms with Gasteiger partial charge in [0, 0.05) is 24.2 Å². The molecule has 0 radical (unpaired) electrons. The lowest BCUT2D eigenvalue weighted by Gasteiger charge is -2.29. The summed E-state index contributed by atoms with van der Waals surface area (Å²) >= 11 is 5.63. The Labute approximate surface area is 156 Å². The van der Waals surface area contributed by atoms with Crippen molar-refractivity contribution < 1.29 is 21.6 Å². The summed E-state index contributed by atoms with van der Waals surface area (Å²) in [4.78, 5) is -0.744. The second kappa shape index (κ2) is 7.23. The van der Waals surface area contributed by atoms with Gasteiger partial charge in [-0.15, -0.1) is 12.4 Å². The lowest BCUT2D eigenvalue weighted by atomic mass is 9.78. The van der Waals surface area contributed by atoms with E-state index in [2.05, 4.69) is 0 Å². The van der Waals surface area contributed by atoms with Crippen molar-refractivity contribution >= 4 is 34.0 Å². The summed E-state index contributed by atoms with van der Waals surface area (Å²) in [6.07, 6.45) is -2.19. The number of hydrogen-bond acceptors (Lipinski definition) is 3. The number of nitrogens with zero attached hydrogens (tertiary/aromatic N) is 1.